The molecule has 0 aliphatic carbocycles. The Hall–Kier alpha value is -0.690. The Kier molecular flexibility index (Phi) is 4.10. The van der Waals surface area contributed by atoms with Gasteiger partial charge in [-0.3, -0.25) is 0 Å². The van der Waals surface area contributed by atoms with Gasteiger partial charge in [0, 0.05) is 5.25 Å². The molecule has 1 rings (SSSR count). The molecule has 0 radical (unpaired) electrons. The van der Waals surface area contributed by atoms with Crippen LogP contribution in [0.1, 0.15) is 36.1 Å². The number of thiol groups is 1. The predicted octanol–water partition coefficient (Wildman–Crippen LogP) is 4.10. The van der Waals surface area contributed by atoms with Crippen molar-refractivity contribution in [3.63, 3.8) is 0 Å². The quantitative estimate of drug-likeness (QED) is 0.682. The molecular weight excluding hydrogens is 176 g/mol. The molecule has 70 valence electrons. The zero-order valence-electron chi connectivity index (χ0n) is 8.03. The van der Waals surface area contributed by atoms with Crippen LogP contribution in [-0.2, 0) is 0 Å². The minimum absolute atomic E-state index is 0.346. The van der Waals surface area contributed by atoms with Crippen LogP contribution in [0.5, 0.6) is 0 Å². The lowest BCUT2D eigenvalue weighted by Crippen LogP contribution is -1.92. The van der Waals surface area contributed by atoms with E-state index in [1.165, 1.54) is 17.5 Å². The van der Waals surface area contributed by atoms with E-state index in [2.05, 4.69) is 44.3 Å². The molecule has 0 heterocycles. The highest BCUT2D eigenvalue weighted by Gasteiger charge is 2.07. The first-order chi connectivity index (χ1) is 6.29. The van der Waals surface area contributed by atoms with Gasteiger partial charge in [-0.25, -0.2) is 0 Å². The van der Waals surface area contributed by atoms with Crippen molar-refractivity contribution in [2.45, 2.75) is 25.0 Å². The first kappa shape index (κ1) is 10.4. The molecule has 0 aliphatic rings. The van der Waals surface area contributed by atoms with Gasteiger partial charge in [-0.2, -0.15) is 12.6 Å². The molecule has 1 atom stereocenters. The maximum atomic E-state index is 4.58. The lowest BCUT2D eigenvalue weighted by molar-refractivity contribution is 0.782. The van der Waals surface area contributed by atoms with Crippen LogP contribution in [0.3, 0.4) is 0 Å². The average Bonchev–Trinajstić information content (AvgIpc) is 2.18. The summed E-state index contributed by atoms with van der Waals surface area (Å²) in [6, 6.07) is 8.31. The molecule has 0 saturated carbocycles. The maximum absolute atomic E-state index is 4.58. The molecule has 0 fully saturated rings. The summed E-state index contributed by atoms with van der Waals surface area (Å²) < 4.78 is 0. The van der Waals surface area contributed by atoms with Gasteiger partial charge in [0.05, 0.1) is 0 Å². The smallest absolute Gasteiger partial charge is 0.0272 e. The van der Waals surface area contributed by atoms with Gasteiger partial charge in [0.25, 0.3) is 0 Å². The van der Waals surface area contributed by atoms with Gasteiger partial charge in [0.15, 0.2) is 0 Å². The molecule has 0 bridgehead atoms. The first-order valence-electron chi connectivity index (χ1n) is 4.69. The van der Waals surface area contributed by atoms with Crippen molar-refractivity contribution < 1.29 is 0 Å². The molecule has 1 heteroatoms. The Morgan fingerprint density at radius 1 is 1.46 bits per heavy atom. The fourth-order valence-corrected chi connectivity index (χ4v) is 1.92. The van der Waals surface area contributed by atoms with E-state index in [1.54, 1.807) is 0 Å². The molecule has 0 spiro atoms. The molecule has 1 aromatic rings. The third-order valence-electron chi connectivity index (χ3n) is 2.14. The standard InChI is InChI=1S/C12H16S/c1-3-7-12(13)11-9-6-5-8-10(11)4-2/h4-6,8-9,12-13H,2-3,7H2,1H3. The highest BCUT2D eigenvalue weighted by atomic mass is 32.1. The van der Waals surface area contributed by atoms with Crippen LogP contribution in [0.4, 0.5) is 0 Å². The largest absolute Gasteiger partial charge is 0.171 e. The molecule has 13 heavy (non-hydrogen) atoms. The summed E-state index contributed by atoms with van der Waals surface area (Å²) in [4.78, 5) is 0. The van der Waals surface area contributed by atoms with E-state index in [4.69, 9.17) is 0 Å². The van der Waals surface area contributed by atoms with Gasteiger partial charge < -0.3 is 0 Å². The van der Waals surface area contributed by atoms with Crippen LogP contribution in [0, 0.1) is 0 Å². The Morgan fingerprint density at radius 2 is 2.15 bits per heavy atom. The normalized spacial score (nSPS) is 12.5. The van der Waals surface area contributed by atoms with Crippen LogP contribution in [-0.4, -0.2) is 0 Å². The van der Waals surface area contributed by atoms with E-state index in [0.717, 1.165) is 6.42 Å². The Bertz CT molecular complexity index is 278. The molecule has 1 aromatic carbocycles. The summed E-state index contributed by atoms with van der Waals surface area (Å²) >= 11 is 4.58. The van der Waals surface area contributed by atoms with Gasteiger partial charge in [-0.1, -0.05) is 50.3 Å². The van der Waals surface area contributed by atoms with Gasteiger partial charge in [-0.05, 0) is 17.5 Å². The van der Waals surface area contributed by atoms with E-state index in [1.807, 2.05) is 12.1 Å². The number of rotatable bonds is 4. The number of hydrogen-bond acceptors (Lipinski definition) is 1. The van der Waals surface area contributed by atoms with Crippen molar-refractivity contribution in [3.8, 4) is 0 Å². The molecular formula is C12H16S. The van der Waals surface area contributed by atoms with E-state index in [9.17, 15) is 0 Å². The molecule has 0 aromatic heterocycles. The third-order valence-corrected chi connectivity index (χ3v) is 2.67. The first-order valence-corrected chi connectivity index (χ1v) is 5.20. The van der Waals surface area contributed by atoms with Crippen LogP contribution in [0.25, 0.3) is 6.08 Å². The Morgan fingerprint density at radius 3 is 2.77 bits per heavy atom. The van der Waals surface area contributed by atoms with E-state index < -0.39 is 0 Å². The zero-order chi connectivity index (χ0) is 9.68. The summed E-state index contributed by atoms with van der Waals surface area (Å²) in [6.45, 7) is 5.98. The summed E-state index contributed by atoms with van der Waals surface area (Å²) in [5.41, 5.74) is 2.50. The number of hydrogen-bond donors (Lipinski definition) is 1. The van der Waals surface area contributed by atoms with Crippen molar-refractivity contribution in [1.29, 1.82) is 0 Å². The second-order valence-electron chi connectivity index (χ2n) is 3.14. The molecule has 0 nitrogen and oxygen atoms in total. The van der Waals surface area contributed by atoms with Crippen LogP contribution >= 0.6 is 12.6 Å². The van der Waals surface area contributed by atoms with Gasteiger partial charge in [0.1, 0.15) is 0 Å². The number of benzene rings is 1. The summed E-state index contributed by atoms with van der Waals surface area (Å²) in [7, 11) is 0. The Labute approximate surface area is 86.1 Å². The van der Waals surface area contributed by atoms with Gasteiger partial charge in [0.2, 0.25) is 0 Å². The van der Waals surface area contributed by atoms with E-state index in [0.29, 0.717) is 5.25 Å². The molecule has 0 N–H and O–H groups in total. The fraction of sp³-hybridized carbons (Fsp3) is 0.333. The Balaban J connectivity index is 2.91. The second kappa shape index (κ2) is 5.13. The summed E-state index contributed by atoms with van der Waals surface area (Å²) in [5.74, 6) is 0. The minimum atomic E-state index is 0.346. The highest BCUT2D eigenvalue weighted by Crippen LogP contribution is 2.28. The lowest BCUT2D eigenvalue weighted by atomic mass is 10.0. The lowest BCUT2D eigenvalue weighted by Gasteiger charge is -2.12. The maximum Gasteiger partial charge on any atom is 0.0272 e. The van der Waals surface area contributed by atoms with Gasteiger partial charge in [-0.15, -0.1) is 0 Å². The molecule has 0 saturated heterocycles. The van der Waals surface area contributed by atoms with E-state index >= 15 is 0 Å². The molecule has 1 unspecified atom stereocenters. The average molecular weight is 192 g/mol. The summed E-state index contributed by atoms with van der Waals surface area (Å²) in [6.07, 6.45) is 4.18. The molecule has 0 amide bonds. The SMILES string of the molecule is C=Cc1ccccc1C(S)CCC. The highest BCUT2D eigenvalue weighted by molar-refractivity contribution is 7.80. The van der Waals surface area contributed by atoms with Crippen LogP contribution < -0.4 is 0 Å². The fourth-order valence-electron chi connectivity index (χ4n) is 1.43. The van der Waals surface area contributed by atoms with Crippen molar-refractivity contribution in [1.82, 2.24) is 0 Å². The molecule has 0 aliphatic heterocycles. The second-order valence-corrected chi connectivity index (χ2v) is 3.76. The van der Waals surface area contributed by atoms with Crippen molar-refractivity contribution in [2.75, 3.05) is 0 Å². The van der Waals surface area contributed by atoms with Crippen molar-refractivity contribution in [2.24, 2.45) is 0 Å². The monoisotopic (exact) mass is 192 g/mol. The third kappa shape index (κ3) is 2.63. The van der Waals surface area contributed by atoms with Crippen molar-refractivity contribution >= 4 is 18.7 Å². The zero-order valence-corrected chi connectivity index (χ0v) is 8.93. The summed E-state index contributed by atoms with van der Waals surface area (Å²) in [5, 5.41) is 0.346. The van der Waals surface area contributed by atoms with Crippen LogP contribution in [0.15, 0.2) is 30.8 Å². The van der Waals surface area contributed by atoms with Crippen molar-refractivity contribution in [3.05, 3.63) is 42.0 Å². The topological polar surface area (TPSA) is 0 Å². The predicted molar refractivity (Wildman–Crippen MR) is 63.2 cm³/mol. The van der Waals surface area contributed by atoms with Crippen LogP contribution in [0.2, 0.25) is 0 Å². The van der Waals surface area contributed by atoms with E-state index in [-0.39, 0.29) is 0 Å². The van der Waals surface area contributed by atoms with Gasteiger partial charge >= 0.3 is 0 Å². The minimum Gasteiger partial charge on any atom is -0.171 e.